The van der Waals surface area contributed by atoms with Gasteiger partial charge in [0.25, 0.3) is 0 Å². The van der Waals surface area contributed by atoms with Gasteiger partial charge in [0.1, 0.15) is 11.6 Å². The van der Waals surface area contributed by atoms with E-state index < -0.39 is 5.97 Å². The zero-order valence-corrected chi connectivity index (χ0v) is 14.5. The number of nitrogens with zero attached hydrogens (tertiary/aromatic N) is 3. The van der Waals surface area contributed by atoms with Crippen molar-refractivity contribution in [2.75, 3.05) is 7.11 Å². The minimum absolute atomic E-state index is 0.0750. The Morgan fingerprint density at radius 3 is 2.50 bits per heavy atom. The Balaban J connectivity index is 2.19. The number of carbonyl (C=O) groups is 1. The van der Waals surface area contributed by atoms with Gasteiger partial charge in [-0.3, -0.25) is 0 Å². The first-order valence-corrected chi connectivity index (χ1v) is 8.05. The first-order chi connectivity index (χ1) is 12.6. The summed E-state index contributed by atoms with van der Waals surface area (Å²) in [6.07, 6.45) is 3.32. The number of para-hydroxylation sites is 1. The second kappa shape index (κ2) is 7.49. The van der Waals surface area contributed by atoms with Gasteiger partial charge in [-0.2, -0.15) is 10.4 Å². The Bertz CT molecular complexity index is 1010. The number of hydrogen-bond donors (Lipinski definition) is 0. The van der Waals surface area contributed by atoms with Gasteiger partial charge in [0.15, 0.2) is 0 Å². The molecule has 128 valence electrons. The number of ether oxygens (including phenoxy) is 1. The Morgan fingerprint density at radius 1 is 1.15 bits per heavy atom. The van der Waals surface area contributed by atoms with Gasteiger partial charge in [0.2, 0.25) is 0 Å². The van der Waals surface area contributed by atoms with Gasteiger partial charge < -0.3 is 4.74 Å². The molecule has 0 fully saturated rings. The van der Waals surface area contributed by atoms with E-state index in [0.717, 1.165) is 16.8 Å². The van der Waals surface area contributed by atoms with Gasteiger partial charge in [0.05, 0.1) is 18.5 Å². The van der Waals surface area contributed by atoms with Crippen LogP contribution in [0.2, 0.25) is 0 Å². The van der Waals surface area contributed by atoms with E-state index >= 15 is 0 Å². The average Bonchev–Trinajstić information content (AvgIpc) is 3.10. The normalized spacial score (nSPS) is 11.0. The lowest BCUT2D eigenvalue weighted by Crippen LogP contribution is -2.02. The minimum Gasteiger partial charge on any atom is -0.465 e. The van der Waals surface area contributed by atoms with Gasteiger partial charge in [-0.15, -0.1) is 0 Å². The molecule has 5 heteroatoms. The molecule has 0 saturated heterocycles. The SMILES string of the molecule is COC(=O)/C(C#N)=C/c1cn(-c2ccccc2C)nc1-c1ccccc1. The third-order valence-electron chi connectivity index (χ3n) is 3.98. The summed E-state index contributed by atoms with van der Waals surface area (Å²) < 4.78 is 6.43. The summed E-state index contributed by atoms with van der Waals surface area (Å²) in [5.74, 6) is -0.671. The Kier molecular flexibility index (Phi) is 4.95. The van der Waals surface area contributed by atoms with Crippen LogP contribution in [-0.2, 0) is 9.53 Å². The third kappa shape index (κ3) is 3.40. The second-order valence-electron chi connectivity index (χ2n) is 5.69. The summed E-state index contributed by atoms with van der Waals surface area (Å²) in [5.41, 5.74) is 4.17. The monoisotopic (exact) mass is 343 g/mol. The molecule has 0 radical (unpaired) electrons. The van der Waals surface area contributed by atoms with Crippen molar-refractivity contribution < 1.29 is 9.53 Å². The van der Waals surface area contributed by atoms with E-state index in [0.29, 0.717) is 11.3 Å². The van der Waals surface area contributed by atoms with Crippen molar-refractivity contribution in [3.8, 4) is 23.0 Å². The van der Waals surface area contributed by atoms with Gasteiger partial charge in [-0.1, -0.05) is 48.5 Å². The van der Waals surface area contributed by atoms with E-state index in [9.17, 15) is 10.1 Å². The number of aromatic nitrogens is 2. The lowest BCUT2D eigenvalue weighted by molar-refractivity contribution is -0.135. The Labute approximate surface area is 151 Å². The highest BCUT2D eigenvalue weighted by molar-refractivity contribution is 5.98. The maximum atomic E-state index is 11.8. The van der Waals surface area contributed by atoms with Crippen LogP contribution in [0, 0.1) is 18.3 Å². The molecule has 0 amide bonds. The molecule has 0 aliphatic carbocycles. The van der Waals surface area contributed by atoms with Crippen LogP contribution < -0.4 is 0 Å². The fraction of sp³-hybridized carbons (Fsp3) is 0.0952. The average molecular weight is 343 g/mol. The van der Waals surface area contributed by atoms with Gasteiger partial charge in [0, 0.05) is 17.3 Å². The fourth-order valence-electron chi connectivity index (χ4n) is 2.66. The highest BCUT2D eigenvalue weighted by Crippen LogP contribution is 2.26. The van der Waals surface area contributed by atoms with E-state index in [1.165, 1.54) is 13.2 Å². The second-order valence-corrected chi connectivity index (χ2v) is 5.69. The molecule has 5 nitrogen and oxygen atoms in total. The quantitative estimate of drug-likeness (QED) is 0.409. The molecule has 3 aromatic rings. The zero-order valence-electron chi connectivity index (χ0n) is 14.5. The smallest absolute Gasteiger partial charge is 0.348 e. The van der Waals surface area contributed by atoms with Crippen LogP contribution in [0.25, 0.3) is 23.0 Å². The van der Waals surface area contributed by atoms with Crippen molar-refractivity contribution in [3.05, 3.63) is 77.5 Å². The molecule has 2 aromatic carbocycles. The highest BCUT2D eigenvalue weighted by atomic mass is 16.5. The molecule has 0 N–H and O–H groups in total. The van der Waals surface area contributed by atoms with Crippen LogP contribution >= 0.6 is 0 Å². The van der Waals surface area contributed by atoms with Crippen molar-refractivity contribution in [2.24, 2.45) is 0 Å². The molecule has 1 heterocycles. The largest absolute Gasteiger partial charge is 0.465 e. The lowest BCUT2D eigenvalue weighted by atomic mass is 10.1. The van der Waals surface area contributed by atoms with Crippen molar-refractivity contribution in [1.29, 1.82) is 5.26 Å². The van der Waals surface area contributed by atoms with Gasteiger partial charge in [-0.25, -0.2) is 9.48 Å². The van der Waals surface area contributed by atoms with Crippen LogP contribution in [0.4, 0.5) is 0 Å². The van der Waals surface area contributed by atoms with Crippen LogP contribution in [0.3, 0.4) is 0 Å². The van der Waals surface area contributed by atoms with E-state index in [4.69, 9.17) is 5.10 Å². The molecular formula is C21H17N3O2. The third-order valence-corrected chi connectivity index (χ3v) is 3.98. The predicted molar refractivity (Wildman–Crippen MR) is 99.3 cm³/mol. The summed E-state index contributed by atoms with van der Waals surface area (Å²) in [6, 6.07) is 19.4. The number of hydrogen-bond acceptors (Lipinski definition) is 4. The van der Waals surface area contributed by atoms with Crippen LogP contribution in [0.1, 0.15) is 11.1 Å². The van der Waals surface area contributed by atoms with Gasteiger partial charge in [-0.05, 0) is 24.6 Å². The fourth-order valence-corrected chi connectivity index (χ4v) is 2.66. The highest BCUT2D eigenvalue weighted by Gasteiger charge is 2.15. The van der Waals surface area contributed by atoms with Crippen molar-refractivity contribution in [2.45, 2.75) is 6.92 Å². The molecule has 0 aliphatic rings. The van der Waals surface area contributed by atoms with E-state index in [2.05, 4.69) is 4.74 Å². The summed E-state index contributed by atoms with van der Waals surface area (Å²) in [5, 5.41) is 14.0. The van der Waals surface area contributed by atoms with Crippen molar-refractivity contribution in [1.82, 2.24) is 9.78 Å². The molecule has 1 aromatic heterocycles. The van der Waals surface area contributed by atoms with Crippen LogP contribution in [0.5, 0.6) is 0 Å². The number of methoxy groups -OCH3 is 1. The molecule has 0 saturated carbocycles. The minimum atomic E-state index is -0.671. The number of esters is 1. The van der Waals surface area contributed by atoms with Crippen LogP contribution in [-0.4, -0.2) is 22.9 Å². The Morgan fingerprint density at radius 2 is 1.85 bits per heavy atom. The molecule has 3 rings (SSSR count). The van der Waals surface area contributed by atoms with Crippen molar-refractivity contribution in [3.63, 3.8) is 0 Å². The number of aryl methyl sites for hydroxylation is 1. The molecular weight excluding hydrogens is 326 g/mol. The van der Waals surface area contributed by atoms with E-state index in [-0.39, 0.29) is 5.57 Å². The first kappa shape index (κ1) is 17.2. The number of carbonyl (C=O) groups excluding carboxylic acids is 1. The predicted octanol–water partition coefficient (Wildman–Crippen LogP) is 3.93. The molecule has 0 atom stereocenters. The van der Waals surface area contributed by atoms with Gasteiger partial charge >= 0.3 is 5.97 Å². The van der Waals surface area contributed by atoms with Crippen molar-refractivity contribution >= 4 is 12.0 Å². The molecule has 0 unspecified atom stereocenters. The number of rotatable bonds is 4. The summed E-state index contributed by atoms with van der Waals surface area (Å²) in [7, 11) is 1.25. The molecule has 26 heavy (non-hydrogen) atoms. The van der Waals surface area contributed by atoms with E-state index in [1.807, 2.05) is 73.8 Å². The van der Waals surface area contributed by atoms with Crippen LogP contribution in [0.15, 0.2) is 66.4 Å². The maximum absolute atomic E-state index is 11.8. The lowest BCUT2D eigenvalue weighted by Gasteiger charge is -2.04. The Hall–Kier alpha value is -3.65. The molecule has 0 bridgehead atoms. The molecule has 0 aliphatic heterocycles. The molecule has 0 spiro atoms. The van der Waals surface area contributed by atoms with E-state index in [1.54, 1.807) is 4.68 Å². The summed E-state index contributed by atoms with van der Waals surface area (Å²) >= 11 is 0. The zero-order chi connectivity index (χ0) is 18.5. The number of benzene rings is 2. The first-order valence-electron chi connectivity index (χ1n) is 8.05. The topological polar surface area (TPSA) is 67.9 Å². The maximum Gasteiger partial charge on any atom is 0.348 e. The summed E-state index contributed by atoms with van der Waals surface area (Å²) in [6.45, 7) is 2.00. The number of nitriles is 1. The standard InChI is InChI=1S/C21H17N3O2/c1-15-8-6-7-11-19(15)24-14-18(12-17(13-22)21(25)26-2)20(23-24)16-9-4-3-5-10-16/h3-12,14H,1-2H3/b17-12+. The summed E-state index contributed by atoms with van der Waals surface area (Å²) in [4.78, 5) is 11.8.